The molecule has 0 bridgehead atoms. The molecule has 0 radical (unpaired) electrons. The van der Waals surface area contributed by atoms with Gasteiger partial charge in [0.25, 0.3) is 0 Å². The Morgan fingerprint density at radius 3 is 2.61 bits per heavy atom. The van der Waals surface area contributed by atoms with Crippen molar-refractivity contribution < 1.29 is 23.8 Å². The summed E-state index contributed by atoms with van der Waals surface area (Å²) in [5.74, 6) is 0.462. The fourth-order valence-corrected chi connectivity index (χ4v) is 5.23. The van der Waals surface area contributed by atoms with Gasteiger partial charge in [-0.2, -0.15) is 0 Å². The zero-order chi connectivity index (χ0) is 21.7. The number of piperidine rings is 1. The quantitative estimate of drug-likeness (QED) is 0.632. The highest BCUT2D eigenvalue weighted by Gasteiger charge is 2.40. The van der Waals surface area contributed by atoms with Gasteiger partial charge in [-0.1, -0.05) is 11.8 Å². The third-order valence-electron chi connectivity index (χ3n) is 5.26. The minimum Gasteiger partial charge on any atom is -0.497 e. The zero-order valence-electron chi connectivity index (χ0n) is 17.3. The Morgan fingerprint density at radius 1 is 1.23 bits per heavy atom. The number of hydrogen-bond acceptors (Lipinski definition) is 8. The first kappa shape index (κ1) is 22.1. The van der Waals surface area contributed by atoms with Gasteiger partial charge in [-0.3, -0.25) is 9.59 Å². The molecule has 0 unspecified atom stereocenters. The normalized spacial score (nSPS) is 17.6. The topological polar surface area (TPSA) is 90.0 Å². The van der Waals surface area contributed by atoms with Crippen LogP contribution < -0.4 is 10.1 Å². The second-order valence-electron chi connectivity index (χ2n) is 7.34. The van der Waals surface area contributed by atoms with Gasteiger partial charge in [-0.25, -0.2) is 4.98 Å². The maximum Gasteiger partial charge on any atom is 0.234 e. The molecule has 166 valence electrons. The van der Waals surface area contributed by atoms with Gasteiger partial charge in [-0.15, -0.1) is 11.3 Å². The van der Waals surface area contributed by atoms with Gasteiger partial charge in [0, 0.05) is 37.0 Å². The molecule has 2 fully saturated rings. The summed E-state index contributed by atoms with van der Waals surface area (Å²) in [7, 11) is 1.60. The number of thioether (sulfide) groups is 1. The van der Waals surface area contributed by atoms with E-state index in [0.29, 0.717) is 44.8 Å². The van der Waals surface area contributed by atoms with Crippen molar-refractivity contribution >= 4 is 40.6 Å². The number of amides is 2. The Bertz CT molecular complexity index is 902. The maximum absolute atomic E-state index is 12.6. The molecule has 1 N–H and O–H groups in total. The van der Waals surface area contributed by atoms with Crippen LogP contribution in [0.5, 0.6) is 5.75 Å². The van der Waals surface area contributed by atoms with Crippen LogP contribution in [0.4, 0.5) is 5.69 Å². The molecule has 1 aromatic carbocycles. The minimum atomic E-state index is -0.479. The molecule has 3 heterocycles. The first-order valence-electron chi connectivity index (χ1n) is 10.1. The van der Waals surface area contributed by atoms with E-state index in [1.807, 2.05) is 10.3 Å². The van der Waals surface area contributed by atoms with Crippen LogP contribution in [-0.2, 0) is 25.5 Å². The van der Waals surface area contributed by atoms with E-state index in [0.717, 1.165) is 15.8 Å². The van der Waals surface area contributed by atoms with Gasteiger partial charge in [0.15, 0.2) is 10.1 Å². The zero-order valence-corrected chi connectivity index (χ0v) is 18.9. The number of likely N-dealkylation sites (tertiary alicyclic amines) is 1. The third-order valence-corrected chi connectivity index (χ3v) is 7.32. The van der Waals surface area contributed by atoms with Gasteiger partial charge in [0.05, 0.1) is 38.2 Å². The van der Waals surface area contributed by atoms with Crippen LogP contribution in [0.3, 0.4) is 0 Å². The molecule has 0 aliphatic carbocycles. The number of nitrogens with one attached hydrogen (secondary N) is 1. The lowest BCUT2D eigenvalue weighted by atomic mass is 10.0. The average molecular weight is 464 g/mol. The summed E-state index contributed by atoms with van der Waals surface area (Å²) in [6.45, 7) is 2.53. The third kappa shape index (κ3) is 5.76. The number of carbonyl (C=O) groups excluding carboxylic acids is 2. The van der Waals surface area contributed by atoms with Crippen molar-refractivity contribution in [1.29, 1.82) is 0 Å². The summed E-state index contributed by atoms with van der Waals surface area (Å²) < 4.78 is 17.3. The number of methoxy groups -OCH3 is 1. The summed E-state index contributed by atoms with van der Waals surface area (Å²) in [5.41, 5.74) is 1.45. The highest BCUT2D eigenvalue weighted by Crippen LogP contribution is 2.31. The molecule has 2 amide bonds. The SMILES string of the molecule is COc1ccc(NC(=O)CSc2nc(CC(=O)N3CCC4(CC3)OCCO4)cs2)cc1. The highest BCUT2D eigenvalue weighted by molar-refractivity contribution is 8.01. The van der Waals surface area contributed by atoms with Crippen LogP contribution in [0.25, 0.3) is 0 Å². The van der Waals surface area contributed by atoms with Gasteiger partial charge in [0.2, 0.25) is 11.8 Å². The molecule has 1 spiro atoms. The highest BCUT2D eigenvalue weighted by atomic mass is 32.2. The van der Waals surface area contributed by atoms with Crippen molar-refractivity contribution in [2.24, 2.45) is 0 Å². The first-order valence-corrected chi connectivity index (χ1v) is 12.0. The molecule has 2 aliphatic heterocycles. The summed E-state index contributed by atoms with van der Waals surface area (Å²) in [6, 6.07) is 7.18. The van der Waals surface area contributed by atoms with Crippen LogP contribution in [0.2, 0.25) is 0 Å². The monoisotopic (exact) mass is 463 g/mol. The second kappa shape index (κ2) is 9.99. The number of anilines is 1. The standard InChI is InChI=1S/C21H25N3O5S2/c1-27-17-4-2-15(3-5-17)22-18(25)14-31-20-23-16(13-30-20)12-19(26)24-8-6-21(7-9-24)28-10-11-29-21/h2-5,13H,6-12,14H2,1H3,(H,22,25). The Balaban J connectivity index is 1.21. The van der Waals surface area contributed by atoms with E-state index < -0.39 is 5.79 Å². The summed E-state index contributed by atoms with van der Waals surface area (Å²) in [4.78, 5) is 31.2. The number of benzene rings is 1. The molecule has 4 rings (SSSR count). The number of thiazole rings is 1. The Morgan fingerprint density at radius 2 is 1.94 bits per heavy atom. The van der Waals surface area contributed by atoms with E-state index in [1.165, 1.54) is 23.1 Å². The Hall–Kier alpha value is -2.14. The van der Waals surface area contributed by atoms with E-state index in [4.69, 9.17) is 14.2 Å². The van der Waals surface area contributed by atoms with Gasteiger partial charge in [0.1, 0.15) is 5.75 Å². The number of aromatic nitrogens is 1. The fraction of sp³-hybridized carbons (Fsp3) is 0.476. The largest absolute Gasteiger partial charge is 0.497 e. The van der Waals surface area contributed by atoms with E-state index in [-0.39, 0.29) is 24.0 Å². The fourth-order valence-electron chi connectivity index (χ4n) is 3.58. The van der Waals surface area contributed by atoms with Crippen LogP contribution in [0.1, 0.15) is 18.5 Å². The van der Waals surface area contributed by atoms with Crippen molar-refractivity contribution in [2.75, 3.05) is 44.5 Å². The number of ether oxygens (including phenoxy) is 3. The van der Waals surface area contributed by atoms with Crippen LogP contribution in [0.15, 0.2) is 34.0 Å². The van der Waals surface area contributed by atoms with Crippen molar-refractivity contribution in [3.05, 3.63) is 35.3 Å². The van der Waals surface area contributed by atoms with Crippen LogP contribution >= 0.6 is 23.1 Å². The summed E-state index contributed by atoms with van der Waals surface area (Å²) in [6.07, 6.45) is 1.68. The lowest BCUT2D eigenvalue weighted by Crippen LogP contribution is -2.47. The van der Waals surface area contributed by atoms with E-state index in [1.54, 1.807) is 31.4 Å². The molecule has 10 heteroatoms. The van der Waals surface area contributed by atoms with Crippen LogP contribution in [0, 0.1) is 0 Å². The number of hydrogen-bond donors (Lipinski definition) is 1. The Kier molecular flexibility index (Phi) is 7.11. The number of carbonyl (C=O) groups is 2. The molecule has 2 saturated heterocycles. The van der Waals surface area contributed by atoms with Gasteiger partial charge < -0.3 is 24.4 Å². The van der Waals surface area contributed by atoms with Crippen molar-refractivity contribution in [3.8, 4) is 5.75 Å². The van der Waals surface area contributed by atoms with E-state index in [2.05, 4.69) is 10.3 Å². The second-order valence-corrected chi connectivity index (χ2v) is 9.42. The van der Waals surface area contributed by atoms with E-state index in [9.17, 15) is 9.59 Å². The molecular weight excluding hydrogens is 438 g/mol. The lowest BCUT2D eigenvalue weighted by Gasteiger charge is -2.37. The Labute approximate surface area is 189 Å². The summed E-state index contributed by atoms with van der Waals surface area (Å²) in [5, 5.41) is 4.73. The van der Waals surface area contributed by atoms with Crippen molar-refractivity contribution in [1.82, 2.24) is 9.88 Å². The number of rotatable bonds is 7. The first-order chi connectivity index (χ1) is 15.0. The van der Waals surface area contributed by atoms with E-state index >= 15 is 0 Å². The van der Waals surface area contributed by atoms with Crippen LogP contribution in [-0.4, -0.2) is 66.7 Å². The molecule has 31 heavy (non-hydrogen) atoms. The predicted octanol–water partition coefficient (Wildman–Crippen LogP) is 2.79. The minimum absolute atomic E-state index is 0.0620. The molecule has 0 saturated carbocycles. The maximum atomic E-state index is 12.6. The van der Waals surface area contributed by atoms with Gasteiger partial charge >= 0.3 is 0 Å². The predicted molar refractivity (Wildman–Crippen MR) is 119 cm³/mol. The molecule has 2 aliphatic rings. The molecule has 0 atom stereocenters. The molecule has 2 aromatic rings. The van der Waals surface area contributed by atoms with Gasteiger partial charge in [-0.05, 0) is 24.3 Å². The number of nitrogens with zero attached hydrogens (tertiary/aromatic N) is 2. The van der Waals surface area contributed by atoms with Crippen molar-refractivity contribution in [3.63, 3.8) is 0 Å². The summed E-state index contributed by atoms with van der Waals surface area (Å²) >= 11 is 2.82. The lowest BCUT2D eigenvalue weighted by molar-refractivity contribution is -0.187. The molecular formula is C21H25N3O5S2. The molecule has 8 nitrogen and oxygen atoms in total. The smallest absolute Gasteiger partial charge is 0.234 e. The van der Waals surface area contributed by atoms with Crippen molar-refractivity contribution in [2.45, 2.75) is 29.4 Å². The average Bonchev–Trinajstić information content (AvgIpc) is 3.43. The molecule has 1 aromatic heterocycles.